The van der Waals surface area contributed by atoms with Gasteiger partial charge < -0.3 is 20.7 Å². The summed E-state index contributed by atoms with van der Waals surface area (Å²) in [6.07, 6.45) is 1.45. The maximum atomic E-state index is 13.5. The van der Waals surface area contributed by atoms with Crippen LogP contribution in [0.25, 0.3) is 0 Å². The van der Waals surface area contributed by atoms with Gasteiger partial charge in [0.1, 0.15) is 5.82 Å². The third-order valence-electron chi connectivity index (χ3n) is 4.59. The molecule has 0 atom stereocenters. The molecule has 0 spiro atoms. The first kappa shape index (κ1) is 19.3. The van der Waals surface area contributed by atoms with Gasteiger partial charge >= 0.3 is 0 Å². The van der Waals surface area contributed by atoms with Crippen LogP contribution in [0.4, 0.5) is 4.39 Å². The molecule has 1 aliphatic rings. The van der Waals surface area contributed by atoms with E-state index in [1.807, 2.05) is 0 Å². The van der Waals surface area contributed by atoms with Gasteiger partial charge in [-0.15, -0.1) is 0 Å². The Hall–Kier alpha value is -1.99. The molecule has 7 heteroatoms. The second-order valence-electron chi connectivity index (χ2n) is 6.44. The highest BCUT2D eigenvalue weighted by molar-refractivity contribution is 5.94. The molecule has 6 nitrogen and oxygen atoms in total. The van der Waals surface area contributed by atoms with E-state index in [9.17, 15) is 14.0 Å². The van der Waals surface area contributed by atoms with Gasteiger partial charge in [-0.3, -0.25) is 9.59 Å². The number of methoxy groups -OCH3 is 1. The molecule has 0 radical (unpaired) electrons. The number of carbonyl (C=O) groups is 2. The van der Waals surface area contributed by atoms with Crippen molar-refractivity contribution in [2.75, 3.05) is 39.9 Å². The second-order valence-corrected chi connectivity index (χ2v) is 6.44. The van der Waals surface area contributed by atoms with Crippen molar-refractivity contribution in [2.24, 2.45) is 5.41 Å². The van der Waals surface area contributed by atoms with E-state index in [0.29, 0.717) is 18.7 Å². The Morgan fingerprint density at radius 3 is 2.56 bits per heavy atom. The van der Waals surface area contributed by atoms with Gasteiger partial charge in [0.25, 0.3) is 5.91 Å². The Labute approximate surface area is 147 Å². The molecule has 1 aromatic rings. The first-order valence-corrected chi connectivity index (χ1v) is 8.51. The van der Waals surface area contributed by atoms with Crippen LogP contribution in [-0.2, 0) is 9.53 Å². The van der Waals surface area contributed by atoms with Crippen molar-refractivity contribution in [2.45, 2.75) is 19.8 Å². The van der Waals surface area contributed by atoms with Crippen LogP contribution in [0.5, 0.6) is 0 Å². The molecule has 1 aliphatic heterocycles. The molecule has 2 rings (SSSR count). The van der Waals surface area contributed by atoms with Crippen molar-refractivity contribution in [3.05, 3.63) is 35.1 Å². The quantitative estimate of drug-likeness (QED) is 0.640. The highest BCUT2D eigenvalue weighted by Crippen LogP contribution is 2.29. The van der Waals surface area contributed by atoms with Crippen LogP contribution < -0.4 is 16.0 Å². The minimum Gasteiger partial charge on any atom is -0.384 e. The van der Waals surface area contributed by atoms with Crippen LogP contribution in [0, 0.1) is 18.2 Å². The van der Waals surface area contributed by atoms with Gasteiger partial charge in [-0.25, -0.2) is 4.39 Å². The Morgan fingerprint density at radius 2 is 1.92 bits per heavy atom. The summed E-state index contributed by atoms with van der Waals surface area (Å²) in [6, 6.07) is 4.36. The molecular formula is C18H26FN3O3. The molecule has 0 unspecified atom stereocenters. The zero-order chi connectivity index (χ0) is 18.3. The van der Waals surface area contributed by atoms with E-state index in [2.05, 4.69) is 16.0 Å². The zero-order valence-electron chi connectivity index (χ0n) is 14.8. The molecule has 1 aromatic carbocycles. The topological polar surface area (TPSA) is 79.5 Å². The van der Waals surface area contributed by atoms with Gasteiger partial charge in [0, 0.05) is 25.8 Å². The number of aryl methyl sites for hydroxylation is 1. The van der Waals surface area contributed by atoms with Gasteiger partial charge in [-0.05, 0) is 50.6 Å². The van der Waals surface area contributed by atoms with Crippen LogP contribution in [-0.4, -0.2) is 51.7 Å². The lowest BCUT2D eigenvalue weighted by Crippen LogP contribution is -2.51. The van der Waals surface area contributed by atoms with Gasteiger partial charge in [0.2, 0.25) is 5.91 Å². The third-order valence-corrected chi connectivity index (χ3v) is 4.59. The van der Waals surface area contributed by atoms with Crippen molar-refractivity contribution < 1.29 is 18.7 Å². The summed E-state index contributed by atoms with van der Waals surface area (Å²) in [5.41, 5.74) is 0.252. The molecule has 2 amide bonds. The Bertz CT molecular complexity index is 610. The Morgan fingerprint density at radius 1 is 1.24 bits per heavy atom. The molecular weight excluding hydrogens is 325 g/mol. The molecule has 0 saturated carbocycles. The monoisotopic (exact) mass is 351 g/mol. The number of hydrogen-bond donors (Lipinski definition) is 3. The second kappa shape index (κ2) is 8.92. The minimum absolute atomic E-state index is 0.0496. The van der Waals surface area contributed by atoms with Crippen LogP contribution in [0.3, 0.4) is 0 Å². The summed E-state index contributed by atoms with van der Waals surface area (Å²) < 4.78 is 18.7. The lowest BCUT2D eigenvalue weighted by Gasteiger charge is -2.35. The summed E-state index contributed by atoms with van der Waals surface area (Å²) in [7, 11) is 1.60. The highest BCUT2D eigenvalue weighted by atomic mass is 19.1. The summed E-state index contributed by atoms with van der Waals surface area (Å²) >= 11 is 0. The number of halogens is 1. The molecule has 0 aliphatic carbocycles. The highest BCUT2D eigenvalue weighted by Gasteiger charge is 2.39. The molecule has 3 N–H and O–H groups in total. The smallest absolute Gasteiger partial charge is 0.251 e. The summed E-state index contributed by atoms with van der Waals surface area (Å²) in [4.78, 5) is 24.5. The summed E-state index contributed by atoms with van der Waals surface area (Å²) in [5, 5.41) is 8.79. The normalized spacial score (nSPS) is 16.3. The van der Waals surface area contributed by atoms with Gasteiger partial charge in [-0.1, -0.05) is 6.07 Å². The van der Waals surface area contributed by atoms with Crippen molar-refractivity contribution in [3.63, 3.8) is 0 Å². The lowest BCUT2D eigenvalue weighted by atomic mass is 9.78. The number of benzene rings is 1. The standard InChI is InChI=1S/C18H26FN3O3/c1-13-3-4-14(11-15(13)19)16(23)21-9-10-22-17(24)18(12-25-2)5-7-20-8-6-18/h3-4,11,20H,5-10,12H2,1-2H3,(H,21,23)(H,22,24). The van der Waals surface area contributed by atoms with E-state index in [4.69, 9.17) is 4.74 Å². The van der Waals surface area contributed by atoms with E-state index in [0.717, 1.165) is 25.9 Å². The van der Waals surface area contributed by atoms with Crippen LogP contribution in [0.15, 0.2) is 18.2 Å². The number of nitrogens with one attached hydrogen (secondary N) is 3. The number of carbonyl (C=O) groups excluding carboxylic acids is 2. The summed E-state index contributed by atoms with van der Waals surface area (Å²) in [5.74, 6) is -0.818. The third kappa shape index (κ3) is 4.99. The maximum Gasteiger partial charge on any atom is 0.251 e. The number of rotatable bonds is 7. The van der Waals surface area contributed by atoms with Crippen molar-refractivity contribution in [1.82, 2.24) is 16.0 Å². The maximum absolute atomic E-state index is 13.5. The van der Waals surface area contributed by atoms with Crippen molar-refractivity contribution in [3.8, 4) is 0 Å². The largest absolute Gasteiger partial charge is 0.384 e. The van der Waals surface area contributed by atoms with E-state index in [1.165, 1.54) is 6.07 Å². The van der Waals surface area contributed by atoms with Crippen LogP contribution >= 0.6 is 0 Å². The van der Waals surface area contributed by atoms with Crippen LogP contribution in [0.2, 0.25) is 0 Å². The molecule has 0 aromatic heterocycles. The molecule has 0 bridgehead atoms. The van der Waals surface area contributed by atoms with E-state index < -0.39 is 11.2 Å². The van der Waals surface area contributed by atoms with Crippen LogP contribution in [0.1, 0.15) is 28.8 Å². The van der Waals surface area contributed by atoms with E-state index in [1.54, 1.807) is 26.2 Å². The predicted molar refractivity (Wildman–Crippen MR) is 92.9 cm³/mol. The molecule has 1 saturated heterocycles. The summed E-state index contributed by atoms with van der Waals surface area (Å²) in [6.45, 7) is 4.19. The number of amides is 2. The Balaban J connectivity index is 1.80. The molecule has 1 fully saturated rings. The fourth-order valence-corrected chi connectivity index (χ4v) is 2.99. The van der Waals surface area contributed by atoms with Crippen molar-refractivity contribution in [1.29, 1.82) is 0 Å². The Kier molecular flexibility index (Phi) is 6.90. The SMILES string of the molecule is COCC1(C(=O)NCCNC(=O)c2ccc(C)c(F)c2)CCNCC1. The molecule has 138 valence electrons. The van der Waals surface area contributed by atoms with Gasteiger partial charge in [0.15, 0.2) is 0 Å². The fourth-order valence-electron chi connectivity index (χ4n) is 2.99. The van der Waals surface area contributed by atoms with Crippen molar-refractivity contribution >= 4 is 11.8 Å². The molecule has 25 heavy (non-hydrogen) atoms. The minimum atomic E-state index is -0.510. The average molecular weight is 351 g/mol. The first-order chi connectivity index (χ1) is 12.0. The van der Waals surface area contributed by atoms with Gasteiger partial charge in [0.05, 0.1) is 12.0 Å². The van der Waals surface area contributed by atoms with Gasteiger partial charge in [-0.2, -0.15) is 0 Å². The number of ether oxygens (including phenoxy) is 1. The fraction of sp³-hybridized carbons (Fsp3) is 0.556. The lowest BCUT2D eigenvalue weighted by molar-refractivity contribution is -0.136. The number of piperidine rings is 1. The van der Waals surface area contributed by atoms with E-state index in [-0.39, 0.29) is 23.9 Å². The van der Waals surface area contributed by atoms with E-state index >= 15 is 0 Å². The number of hydrogen-bond acceptors (Lipinski definition) is 4. The predicted octanol–water partition coefficient (Wildman–Crippen LogP) is 0.996. The average Bonchev–Trinajstić information content (AvgIpc) is 2.61. The molecule has 1 heterocycles. The zero-order valence-corrected chi connectivity index (χ0v) is 14.8. The first-order valence-electron chi connectivity index (χ1n) is 8.51.